The van der Waals surface area contributed by atoms with Crippen LogP contribution in [0.5, 0.6) is 5.75 Å². The number of aromatic nitrogens is 3. The summed E-state index contributed by atoms with van der Waals surface area (Å²) in [6, 6.07) is 2.29. The molecule has 20 heavy (non-hydrogen) atoms. The maximum absolute atomic E-state index is 12.7. The molecule has 0 spiro atoms. The molecule has 0 bridgehead atoms. The lowest BCUT2D eigenvalue weighted by atomic mass is 10.1. The minimum atomic E-state index is -4.60. The Morgan fingerprint density at radius 3 is 2.60 bits per heavy atom. The van der Waals surface area contributed by atoms with E-state index in [9.17, 15) is 18.3 Å². The maximum Gasteiger partial charge on any atom is 0.420 e. The number of phenols is 1. The van der Waals surface area contributed by atoms with Crippen molar-refractivity contribution in [3.63, 3.8) is 0 Å². The van der Waals surface area contributed by atoms with Crippen molar-refractivity contribution < 1.29 is 18.3 Å². The molecule has 1 fully saturated rings. The first-order valence-electron chi connectivity index (χ1n) is 6.33. The maximum atomic E-state index is 12.7. The molecule has 0 atom stereocenters. The second kappa shape index (κ2) is 4.62. The van der Waals surface area contributed by atoms with E-state index in [-0.39, 0.29) is 11.6 Å². The highest BCUT2D eigenvalue weighted by Crippen LogP contribution is 2.39. The Morgan fingerprint density at radius 1 is 1.25 bits per heavy atom. The second-order valence-corrected chi connectivity index (χ2v) is 4.84. The molecule has 0 saturated carbocycles. The summed E-state index contributed by atoms with van der Waals surface area (Å²) in [7, 11) is 0. The quantitative estimate of drug-likeness (QED) is 0.842. The monoisotopic (exact) mass is 286 g/mol. The first-order valence-corrected chi connectivity index (χ1v) is 6.33. The minimum absolute atomic E-state index is 0.0948. The van der Waals surface area contributed by atoms with Gasteiger partial charge in [0, 0.05) is 0 Å². The standard InChI is InChI=1S/C12H13F3N4O/c13-12(14,15)8-1-2-9-10(11(8)20)17-18-19(9)7-3-5-16-6-4-7/h1-2,7,16,20H,3-6H2. The van der Waals surface area contributed by atoms with Gasteiger partial charge in [-0.3, -0.25) is 0 Å². The average molecular weight is 286 g/mol. The molecule has 5 nitrogen and oxygen atoms in total. The van der Waals surface area contributed by atoms with E-state index in [1.807, 2.05) is 0 Å². The molecule has 2 heterocycles. The van der Waals surface area contributed by atoms with Gasteiger partial charge in [0.2, 0.25) is 0 Å². The fourth-order valence-corrected chi connectivity index (χ4v) is 2.54. The summed E-state index contributed by atoms with van der Waals surface area (Å²) in [6.45, 7) is 1.66. The molecule has 108 valence electrons. The number of benzene rings is 1. The smallest absolute Gasteiger partial charge is 0.420 e. The topological polar surface area (TPSA) is 63.0 Å². The third kappa shape index (κ3) is 2.09. The van der Waals surface area contributed by atoms with Gasteiger partial charge < -0.3 is 10.4 Å². The van der Waals surface area contributed by atoms with Crippen LogP contribution in [0.25, 0.3) is 11.0 Å². The molecule has 8 heteroatoms. The highest BCUT2D eigenvalue weighted by molar-refractivity contribution is 5.82. The summed E-state index contributed by atoms with van der Waals surface area (Å²) in [5.74, 6) is -0.852. The minimum Gasteiger partial charge on any atom is -0.505 e. The fourth-order valence-electron chi connectivity index (χ4n) is 2.54. The van der Waals surface area contributed by atoms with Crippen LogP contribution in [-0.2, 0) is 6.18 Å². The van der Waals surface area contributed by atoms with Crippen LogP contribution < -0.4 is 5.32 Å². The average Bonchev–Trinajstić information content (AvgIpc) is 2.83. The summed E-state index contributed by atoms with van der Waals surface area (Å²) in [5, 5.41) is 20.6. The Kier molecular flexibility index (Phi) is 3.04. The zero-order valence-corrected chi connectivity index (χ0v) is 10.5. The lowest BCUT2D eigenvalue weighted by Crippen LogP contribution is -2.29. The van der Waals surface area contributed by atoms with Crippen molar-refractivity contribution in [2.75, 3.05) is 13.1 Å². The van der Waals surface area contributed by atoms with E-state index in [4.69, 9.17) is 0 Å². The van der Waals surface area contributed by atoms with Crippen LogP contribution in [0.1, 0.15) is 24.4 Å². The largest absolute Gasteiger partial charge is 0.505 e. The van der Waals surface area contributed by atoms with Crippen LogP contribution in [-0.4, -0.2) is 33.2 Å². The van der Waals surface area contributed by atoms with Gasteiger partial charge in [-0.2, -0.15) is 13.2 Å². The van der Waals surface area contributed by atoms with Crippen molar-refractivity contribution in [1.29, 1.82) is 0 Å². The molecule has 2 aromatic rings. The van der Waals surface area contributed by atoms with Gasteiger partial charge in [0.15, 0.2) is 11.3 Å². The number of phenolic OH excluding ortho intramolecular Hbond substituents is 1. The molecule has 0 aliphatic carbocycles. The Balaban J connectivity index is 2.08. The summed E-state index contributed by atoms with van der Waals surface area (Å²) < 4.78 is 39.8. The Bertz CT molecular complexity index is 631. The molecule has 0 radical (unpaired) electrons. The van der Waals surface area contributed by atoms with Crippen molar-refractivity contribution in [2.45, 2.75) is 25.1 Å². The molecule has 1 saturated heterocycles. The Hall–Kier alpha value is -1.83. The van der Waals surface area contributed by atoms with Gasteiger partial charge in [-0.1, -0.05) is 5.21 Å². The zero-order chi connectivity index (χ0) is 14.3. The molecule has 1 aromatic heterocycles. The summed E-state index contributed by atoms with van der Waals surface area (Å²) in [5.41, 5.74) is -0.747. The normalized spacial score (nSPS) is 17.8. The van der Waals surface area contributed by atoms with Gasteiger partial charge in [0.25, 0.3) is 0 Å². The van der Waals surface area contributed by atoms with Crippen molar-refractivity contribution in [2.24, 2.45) is 0 Å². The van der Waals surface area contributed by atoms with E-state index in [2.05, 4.69) is 15.6 Å². The summed E-state index contributed by atoms with van der Waals surface area (Å²) in [6.07, 6.45) is -2.93. The first-order chi connectivity index (χ1) is 9.48. The highest BCUT2D eigenvalue weighted by atomic mass is 19.4. The van der Waals surface area contributed by atoms with Gasteiger partial charge in [0.1, 0.15) is 0 Å². The van der Waals surface area contributed by atoms with Gasteiger partial charge in [-0.15, -0.1) is 5.10 Å². The number of fused-ring (bicyclic) bond motifs is 1. The number of rotatable bonds is 1. The van der Waals surface area contributed by atoms with Crippen molar-refractivity contribution >= 4 is 11.0 Å². The van der Waals surface area contributed by atoms with E-state index < -0.39 is 17.5 Å². The van der Waals surface area contributed by atoms with Crippen LogP contribution in [0, 0.1) is 0 Å². The van der Waals surface area contributed by atoms with E-state index >= 15 is 0 Å². The molecule has 0 amide bonds. The lowest BCUT2D eigenvalue weighted by molar-refractivity contribution is -0.138. The fraction of sp³-hybridized carbons (Fsp3) is 0.500. The van der Waals surface area contributed by atoms with Gasteiger partial charge >= 0.3 is 6.18 Å². The van der Waals surface area contributed by atoms with E-state index in [1.165, 1.54) is 6.07 Å². The zero-order valence-electron chi connectivity index (χ0n) is 10.5. The number of aromatic hydroxyl groups is 1. The SMILES string of the molecule is Oc1c(C(F)(F)F)ccc2c1nnn2C1CCNCC1. The molecule has 3 rings (SSSR count). The molecular weight excluding hydrogens is 273 g/mol. The number of hydrogen-bond donors (Lipinski definition) is 2. The van der Waals surface area contributed by atoms with Crippen LogP contribution >= 0.6 is 0 Å². The van der Waals surface area contributed by atoms with Gasteiger partial charge in [-0.25, -0.2) is 4.68 Å². The molecule has 0 unspecified atom stereocenters. The highest BCUT2D eigenvalue weighted by Gasteiger charge is 2.35. The van der Waals surface area contributed by atoms with Crippen molar-refractivity contribution in [1.82, 2.24) is 20.3 Å². The number of halogens is 3. The van der Waals surface area contributed by atoms with Crippen LogP contribution in [0.3, 0.4) is 0 Å². The van der Waals surface area contributed by atoms with E-state index in [1.54, 1.807) is 4.68 Å². The van der Waals surface area contributed by atoms with Gasteiger partial charge in [0.05, 0.1) is 17.1 Å². The van der Waals surface area contributed by atoms with E-state index in [0.29, 0.717) is 5.52 Å². The number of hydrogen-bond acceptors (Lipinski definition) is 4. The lowest BCUT2D eigenvalue weighted by Gasteiger charge is -2.23. The molecule has 1 aliphatic rings. The molecule has 1 aliphatic heterocycles. The van der Waals surface area contributed by atoms with E-state index in [0.717, 1.165) is 32.0 Å². The third-order valence-electron chi connectivity index (χ3n) is 3.58. The number of alkyl halides is 3. The summed E-state index contributed by atoms with van der Waals surface area (Å²) >= 11 is 0. The van der Waals surface area contributed by atoms with Crippen molar-refractivity contribution in [3.8, 4) is 5.75 Å². The molecule has 2 N–H and O–H groups in total. The van der Waals surface area contributed by atoms with Crippen molar-refractivity contribution in [3.05, 3.63) is 17.7 Å². The molecule has 1 aromatic carbocycles. The van der Waals surface area contributed by atoms with Crippen LogP contribution in [0.15, 0.2) is 12.1 Å². The van der Waals surface area contributed by atoms with Gasteiger partial charge in [-0.05, 0) is 38.1 Å². The Labute approximate surface area is 112 Å². The predicted molar refractivity (Wildman–Crippen MR) is 65.3 cm³/mol. The van der Waals surface area contributed by atoms with Crippen LogP contribution in [0.4, 0.5) is 13.2 Å². The number of nitrogens with one attached hydrogen (secondary N) is 1. The third-order valence-corrected chi connectivity index (χ3v) is 3.58. The second-order valence-electron chi connectivity index (χ2n) is 4.84. The predicted octanol–water partition coefficient (Wildman–Crippen LogP) is 2.08. The first kappa shape index (κ1) is 13.2. The number of nitrogens with zero attached hydrogens (tertiary/aromatic N) is 3. The Morgan fingerprint density at radius 2 is 1.95 bits per heavy atom. The number of piperidine rings is 1. The molecular formula is C12H13F3N4O. The summed E-state index contributed by atoms with van der Waals surface area (Å²) in [4.78, 5) is 0. The van der Waals surface area contributed by atoms with Crippen LogP contribution in [0.2, 0.25) is 0 Å².